The topological polar surface area (TPSA) is 84.5 Å². The van der Waals surface area contributed by atoms with Crippen LogP contribution in [0.3, 0.4) is 0 Å². The number of ether oxygens (including phenoxy) is 1. The number of hydrogen-bond donors (Lipinski definition) is 2. The lowest BCUT2D eigenvalue weighted by Crippen LogP contribution is -2.42. The molecule has 23 heavy (non-hydrogen) atoms. The number of nitrogens with one attached hydrogen (secondary N) is 2. The Morgan fingerprint density at radius 3 is 2.61 bits per heavy atom. The van der Waals surface area contributed by atoms with E-state index in [0.29, 0.717) is 4.47 Å². The van der Waals surface area contributed by atoms with Crippen LogP contribution in [0.1, 0.15) is 30.1 Å². The summed E-state index contributed by atoms with van der Waals surface area (Å²) in [6.07, 6.45) is 1.50. The highest BCUT2D eigenvalue weighted by molar-refractivity contribution is 9.10. The van der Waals surface area contributed by atoms with Gasteiger partial charge in [0.25, 0.3) is 0 Å². The molecule has 1 aromatic rings. The summed E-state index contributed by atoms with van der Waals surface area (Å²) in [6, 6.07) is 4.27. The van der Waals surface area contributed by atoms with Crippen LogP contribution in [0.2, 0.25) is 0 Å². The Morgan fingerprint density at radius 2 is 2.00 bits per heavy atom. The number of carbonyl (C=O) groups excluding carboxylic acids is 1. The average molecular weight is 428 g/mol. The maximum atomic E-state index is 12.5. The molecule has 0 radical (unpaired) electrons. The summed E-state index contributed by atoms with van der Waals surface area (Å²) in [7, 11) is -3.67. The number of carbonyl (C=O) groups is 1. The molecular weight excluding hydrogens is 408 g/mol. The van der Waals surface area contributed by atoms with Gasteiger partial charge in [0.1, 0.15) is 0 Å². The quantitative estimate of drug-likeness (QED) is 0.703. The van der Waals surface area contributed by atoms with E-state index in [4.69, 9.17) is 4.74 Å². The van der Waals surface area contributed by atoms with Crippen LogP contribution in [0.15, 0.2) is 27.6 Å². The van der Waals surface area contributed by atoms with Gasteiger partial charge in [-0.15, -0.1) is 12.4 Å². The lowest BCUT2D eigenvalue weighted by atomic mass is 10.1. The largest absolute Gasteiger partial charge is 0.462 e. The second-order valence-corrected chi connectivity index (χ2v) is 7.67. The highest BCUT2D eigenvalue weighted by atomic mass is 79.9. The minimum Gasteiger partial charge on any atom is -0.462 e. The molecule has 1 aromatic carbocycles. The van der Waals surface area contributed by atoms with Crippen LogP contribution in [0, 0.1) is 0 Å². The first-order valence-electron chi connectivity index (χ1n) is 7.13. The van der Waals surface area contributed by atoms with Crippen molar-refractivity contribution in [3.05, 3.63) is 28.2 Å². The zero-order chi connectivity index (χ0) is 16.2. The van der Waals surface area contributed by atoms with E-state index in [0.717, 1.165) is 25.9 Å². The van der Waals surface area contributed by atoms with Crippen molar-refractivity contribution in [3.8, 4) is 0 Å². The normalized spacial score (nSPS) is 15.7. The Balaban J connectivity index is 0.00000264. The predicted octanol–water partition coefficient (Wildman–Crippen LogP) is 2.08. The van der Waals surface area contributed by atoms with Gasteiger partial charge in [0.05, 0.1) is 17.1 Å². The first-order chi connectivity index (χ1) is 10.4. The predicted molar refractivity (Wildman–Crippen MR) is 93.6 cm³/mol. The summed E-state index contributed by atoms with van der Waals surface area (Å²) in [5.74, 6) is -0.540. The van der Waals surface area contributed by atoms with Gasteiger partial charge in [0.15, 0.2) is 0 Å². The number of hydrogen-bond acceptors (Lipinski definition) is 5. The van der Waals surface area contributed by atoms with Gasteiger partial charge in [0, 0.05) is 10.5 Å². The monoisotopic (exact) mass is 426 g/mol. The van der Waals surface area contributed by atoms with Gasteiger partial charge in [0.2, 0.25) is 10.0 Å². The van der Waals surface area contributed by atoms with Crippen molar-refractivity contribution in [1.82, 2.24) is 10.0 Å². The molecular formula is C14H20BrClN2O4S. The molecule has 0 atom stereocenters. The molecule has 0 bridgehead atoms. The van der Waals surface area contributed by atoms with Gasteiger partial charge in [-0.05, 0) is 51.1 Å². The third-order valence-corrected chi connectivity index (χ3v) is 5.31. The number of benzene rings is 1. The Bertz CT molecular complexity index is 648. The van der Waals surface area contributed by atoms with E-state index in [2.05, 4.69) is 26.0 Å². The highest BCUT2D eigenvalue weighted by Gasteiger charge is 2.23. The molecule has 0 unspecified atom stereocenters. The van der Waals surface area contributed by atoms with Gasteiger partial charge < -0.3 is 10.1 Å². The Hall–Kier alpha value is -0.670. The van der Waals surface area contributed by atoms with E-state index < -0.39 is 16.0 Å². The third kappa shape index (κ3) is 5.72. The molecule has 130 valence electrons. The van der Waals surface area contributed by atoms with Crippen LogP contribution in [0.4, 0.5) is 0 Å². The van der Waals surface area contributed by atoms with Gasteiger partial charge >= 0.3 is 5.97 Å². The fourth-order valence-electron chi connectivity index (χ4n) is 2.28. The van der Waals surface area contributed by atoms with Crippen LogP contribution < -0.4 is 10.0 Å². The van der Waals surface area contributed by atoms with Crippen molar-refractivity contribution in [2.45, 2.75) is 30.7 Å². The summed E-state index contributed by atoms with van der Waals surface area (Å²) in [6.45, 7) is 3.52. The molecule has 0 aliphatic carbocycles. The fourth-order valence-corrected chi connectivity index (χ4v) is 4.30. The van der Waals surface area contributed by atoms with E-state index in [1.54, 1.807) is 13.0 Å². The van der Waals surface area contributed by atoms with E-state index in [1.165, 1.54) is 12.1 Å². The average Bonchev–Trinajstić information content (AvgIpc) is 2.47. The maximum absolute atomic E-state index is 12.5. The maximum Gasteiger partial charge on any atom is 0.338 e. The molecule has 2 rings (SSSR count). The van der Waals surface area contributed by atoms with Crippen molar-refractivity contribution in [2.75, 3.05) is 19.7 Å². The summed E-state index contributed by atoms with van der Waals surface area (Å²) >= 11 is 3.24. The second-order valence-electron chi connectivity index (χ2n) is 5.04. The van der Waals surface area contributed by atoms with Gasteiger partial charge in [-0.3, -0.25) is 0 Å². The minimum atomic E-state index is -3.67. The lowest BCUT2D eigenvalue weighted by Gasteiger charge is -2.23. The number of halogens is 2. The molecule has 1 heterocycles. The molecule has 1 saturated heterocycles. The molecule has 6 nitrogen and oxygen atoms in total. The molecule has 9 heteroatoms. The first kappa shape index (κ1) is 20.4. The van der Waals surface area contributed by atoms with Crippen molar-refractivity contribution >= 4 is 44.3 Å². The first-order valence-corrected chi connectivity index (χ1v) is 9.41. The van der Waals surface area contributed by atoms with Gasteiger partial charge in [-0.1, -0.05) is 15.9 Å². The van der Waals surface area contributed by atoms with E-state index in [9.17, 15) is 13.2 Å². The van der Waals surface area contributed by atoms with Crippen LogP contribution >= 0.6 is 28.3 Å². The Kier molecular flexibility index (Phi) is 7.96. The van der Waals surface area contributed by atoms with E-state index >= 15 is 0 Å². The smallest absolute Gasteiger partial charge is 0.338 e. The molecule has 1 aliphatic rings. The minimum absolute atomic E-state index is 0. The molecule has 0 amide bonds. The van der Waals surface area contributed by atoms with Crippen molar-refractivity contribution in [1.29, 1.82) is 0 Å². The number of rotatable bonds is 5. The summed E-state index contributed by atoms with van der Waals surface area (Å²) in [4.78, 5) is 11.9. The zero-order valence-corrected chi connectivity index (χ0v) is 15.9. The summed E-state index contributed by atoms with van der Waals surface area (Å²) in [5.41, 5.74) is 0.210. The molecule has 0 spiro atoms. The number of piperidine rings is 1. The van der Waals surface area contributed by atoms with Crippen molar-refractivity contribution in [3.63, 3.8) is 0 Å². The van der Waals surface area contributed by atoms with Crippen LogP contribution in [0.25, 0.3) is 0 Å². The molecule has 1 fully saturated rings. The van der Waals surface area contributed by atoms with Crippen LogP contribution in [-0.2, 0) is 14.8 Å². The number of esters is 1. The molecule has 0 saturated carbocycles. The molecule has 0 aromatic heterocycles. The molecule has 2 N–H and O–H groups in total. The standard InChI is InChI=1S/C14H19BrN2O4S.ClH/c1-2-21-14(18)10-7-11(15)9-13(8-10)22(19,20)17-12-3-5-16-6-4-12;/h7-9,12,16-17H,2-6H2,1H3;1H. The van der Waals surface area contributed by atoms with Crippen molar-refractivity contribution in [2.24, 2.45) is 0 Å². The zero-order valence-electron chi connectivity index (χ0n) is 12.7. The highest BCUT2D eigenvalue weighted by Crippen LogP contribution is 2.21. The SMILES string of the molecule is CCOC(=O)c1cc(Br)cc(S(=O)(=O)NC2CCNCC2)c1.Cl. The number of sulfonamides is 1. The van der Waals surface area contributed by atoms with Gasteiger partial charge in [-0.25, -0.2) is 17.9 Å². The lowest BCUT2D eigenvalue weighted by molar-refractivity contribution is 0.0526. The summed E-state index contributed by atoms with van der Waals surface area (Å²) < 4.78 is 33.1. The van der Waals surface area contributed by atoms with E-state index in [-0.39, 0.29) is 35.5 Å². The molecule has 1 aliphatic heterocycles. The fraction of sp³-hybridized carbons (Fsp3) is 0.500. The Morgan fingerprint density at radius 1 is 1.35 bits per heavy atom. The van der Waals surface area contributed by atoms with Crippen LogP contribution in [0.5, 0.6) is 0 Å². The Labute approximate surface area is 151 Å². The summed E-state index contributed by atoms with van der Waals surface area (Å²) in [5, 5.41) is 3.18. The second kappa shape index (κ2) is 8.98. The van der Waals surface area contributed by atoms with E-state index in [1.807, 2.05) is 0 Å². The van der Waals surface area contributed by atoms with Gasteiger partial charge in [-0.2, -0.15) is 0 Å². The van der Waals surface area contributed by atoms with Crippen molar-refractivity contribution < 1.29 is 17.9 Å². The third-order valence-electron chi connectivity index (χ3n) is 3.35. The van der Waals surface area contributed by atoms with Crippen LogP contribution in [-0.4, -0.2) is 40.1 Å².